The van der Waals surface area contributed by atoms with Gasteiger partial charge < -0.3 is 0 Å². The molecule has 40 heavy (non-hydrogen) atoms. The van der Waals surface area contributed by atoms with Gasteiger partial charge in [0.05, 0.1) is 17.6 Å². The second-order valence-electron chi connectivity index (χ2n) is 8.79. The Balaban J connectivity index is 1.19. The van der Waals surface area contributed by atoms with Crippen molar-refractivity contribution >= 4 is 71.3 Å². The van der Waals surface area contributed by atoms with E-state index in [-0.39, 0.29) is 0 Å². The van der Waals surface area contributed by atoms with E-state index in [2.05, 4.69) is 84.5 Å². The molecule has 0 saturated heterocycles. The highest BCUT2D eigenvalue weighted by atomic mass is 32.1. The molecule has 0 N–H and O–H groups in total. The Morgan fingerprint density at radius 3 is 1.82 bits per heavy atom. The van der Waals surface area contributed by atoms with Gasteiger partial charge in [0.1, 0.15) is 5.69 Å². The van der Waals surface area contributed by atoms with Crippen LogP contribution in [0.3, 0.4) is 0 Å². The number of hydrogen-bond acceptors (Lipinski definition) is 7. The first-order valence-electron chi connectivity index (χ1n) is 12.6. The lowest BCUT2D eigenvalue weighted by Gasteiger charge is -1.94. The molecule has 0 unspecified atom stereocenters. The maximum atomic E-state index is 4.63. The molecule has 192 valence electrons. The SMILES string of the molecule is C(=C\c1sccc1/C=C/c1ccc2c(/C=C/c3ccsc3/C=C/c3cccnc3)nnc-2cn1)/c1cccnc1. The highest BCUT2D eigenvalue weighted by Crippen LogP contribution is 2.27. The molecule has 0 fully saturated rings. The average molecular weight is 554 g/mol. The molecule has 6 rings (SSSR count). The summed E-state index contributed by atoms with van der Waals surface area (Å²) in [7, 11) is 0. The van der Waals surface area contributed by atoms with Crippen molar-refractivity contribution in [2.75, 3.05) is 0 Å². The van der Waals surface area contributed by atoms with E-state index in [1.807, 2.05) is 60.9 Å². The zero-order valence-electron chi connectivity index (χ0n) is 21.3. The molecule has 0 aromatic carbocycles. The lowest BCUT2D eigenvalue weighted by atomic mass is 10.1. The van der Waals surface area contributed by atoms with Crippen LogP contribution in [0.25, 0.3) is 59.9 Å². The van der Waals surface area contributed by atoms with Crippen LogP contribution in [0.5, 0.6) is 0 Å². The fraction of sp³-hybridized carbons (Fsp3) is 0. The highest BCUT2D eigenvalue weighted by Gasteiger charge is 2.10. The molecular formula is C33H23N5S2. The molecule has 0 atom stereocenters. The molecule has 5 nitrogen and oxygen atoms in total. The van der Waals surface area contributed by atoms with Crippen LogP contribution in [0, 0.1) is 0 Å². The number of hydrogen-bond donors (Lipinski definition) is 0. The van der Waals surface area contributed by atoms with Crippen molar-refractivity contribution in [3.05, 3.63) is 134 Å². The van der Waals surface area contributed by atoms with E-state index in [0.717, 1.165) is 44.9 Å². The third-order valence-corrected chi connectivity index (χ3v) is 7.90. The first-order chi connectivity index (χ1) is 19.8. The molecule has 4 aromatic rings. The van der Waals surface area contributed by atoms with E-state index >= 15 is 0 Å². The number of pyridine rings is 2. The van der Waals surface area contributed by atoms with Gasteiger partial charge in [0, 0.05) is 40.1 Å². The first-order valence-corrected chi connectivity index (χ1v) is 14.4. The Morgan fingerprint density at radius 2 is 1.20 bits per heavy atom. The van der Waals surface area contributed by atoms with Crippen LogP contribution in [0.1, 0.15) is 43.4 Å². The Hall–Kier alpha value is -4.85. The van der Waals surface area contributed by atoms with Gasteiger partial charge in [-0.25, -0.2) is 0 Å². The standard InChI is InChI=1S/C33H23N5S2/c1-3-24(21-34-17-1)5-13-32-26(15-19-39-32)7-9-28-10-11-29-30(37-38-31(29)23-36-28)12-8-27-16-20-40-33(27)14-6-25-4-2-18-35-22-25/h1-23H/b9-7+,12-8+,13-5+,14-6+. The van der Waals surface area contributed by atoms with E-state index < -0.39 is 0 Å². The minimum absolute atomic E-state index is 0.761. The quantitative estimate of drug-likeness (QED) is 0.189. The van der Waals surface area contributed by atoms with Gasteiger partial charge in [-0.1, -0.05) is 36.4 Å². The summed E-state index contributed by atoms with van der Waals surface area (Å²) in [5.74, 6) is 0. The van der Waals surface area contributed by atoms with Crippen molar-refractivity contribution in [2.45, 2.75) is 0 Å². The van der Waals surface area contributed by atoms with Gasteiger partial charge in [-0.05, 0) is 93.7 Å². The molecule has 0 radical (unpaired) electrons. The fourth-order valence-corrected chi connectivity index (χ4v) is 5.59. The molecule has 6 heterocycles. The predicted octanol–water partition coefficient (Wildman–Crippen LogP) is 8.57. The van der Waals surface area contributed by atoms with Crippen molar-refractivity contribution in [1.29, 1.82) is 0 Å². The van der Waals surface area contributed by atoms with Crippen molar-refractivity contribution in [1.82, 2.24) is 25.1 Å². The number of thiophene rings is 2. The van der Waals surface area contributed by atoms with Crippen LogP contribution in [0.15, 0.2) is 90.3 Å². The maximum Gasteiger partial charge on any atom is 0.113 e. The zero-order chi connectivity index (χ0) is 27.0. The lowest BCUT2D eigenvalue weighted by Crippen LogP contribution is -1.76. The summed E-state index contributed by atoms with van der Waals surface area (Å²) >= 11 is 3.40. The molecule has 2 aliphatic rings. The Kier molecular flexibility index (Phi) is 7.84. The molecular weight excluding hydrogens is 531 g/mol. The zero-order valence-corrected chi connectivity index (χ0v) is 23.0. The van der Waals surface area contributed by atoms with E-state index in [4.69, 9.17) is 0 Å². The van der Waals surface area contributed by atoms with Crippen LogP contribution in [-0.4, -0.2) is 25.1 Å². The Morgan fingerprint density at radius 1 is 0.550 bits per heavy atom. The molecule has 2 aliphatic heterocycles. The highest BCUT2D eigenvalue weighted by molar-refractivity contribution is 7.11. The van der Waals surface area contributed by atoms with E-state index in [9.17, 15) is 0 Å². The fourth-order valence-electron chi connectivity index (χ4n) is 4.03. The van der Waals surface area contributed by atoms with Crippen LogP contribution < -0.4 is 0 Å². The van der Waals surface area contributed by atoms with Crippen molar-refractivity contribution < 1.29 is 0 Å². The van der Waals surface area contributed by atoms with Crippen molar-refractivity contribution in [3.63, 3.8) is 0 Å². The van der Waals surface area contributed by atoms with Crippen LogP contribution in [0.4, 0.5) is 0 Å². The molecule has 0 bridgehead atoms. The van der Waals surface area contributed by atoms with Crippen LogP contribution in [0.2, 0.25) is 0 Å². The summed E-state index contributed by atoms with van der Waals surface area (Å²) in [6, 6.07) is 16.2. The minimum atomic E-state index is 0.761. The van der Waals surface area contributed by atoms with E-state index in [1.54, 1.807) is 41.3 Å². The first kappa shape index (κ1) is 25.4. The molecule has 7 heteroatoms. The third-order valence-electron chi connectivity index (χ3n) is 6.11. The largest absolute Gasteiger partial charge is 0.264 e. The Labute approximate surface area is 240 Å². The second kappa shape index (κ2) is 12.3. The normalized spacial score (nSPS) is 12.1. The van der Waals surface area contributed by atoms with Gasteiger partial charge in [0.2, 0.25) is 0 Å². The van der Waals surface area contributed by atoms with Crippen molar-refractivity contribution in [3.8, 4) is 11.3 Å². The van der Waals surface area contributed by atoms with Gasteiger partial charge in [-0.2, -0.15) is 0 Å². The molecule has 0 aliphatic carbocycles. The number of rotatable bonds is 8. The molecule has 0 amide bonds. The van der Waals surface area contributed by atoms with E-state index in [1.165, 1.54) is 9.75 Å². The summed E-state index contributed by atoms with van der Waals surface area (Å²) < 4.78 is 0. The average Bonchev–Trinajstić information content (AvgIpc) is 3.71. The molecule has 0 saturated carbocycles. The maximum absolute atomic E-state index is 4.63. The monoisotopic (exact) mass is 553 g/mol. The second-order valence-corrected chi connectivity index (χ2v) is 10.7. The number of nitrogens with zero attached hydrogens (tertiary/aromatic N) is 5. The summed E-state index contributed by atoms with van der Waals surface area (Å²) in [5.41, 5.74) is 7.80. The summed E-state index contributed by atoms with van der Waals surface area (Å²) in [4.78, 5) is 15.3. The predicted molar refractivity (Wildman–Crippen MR) is 169 cm³/mol. The van der Waals surface area contributed by atoms with Gasteiger partial charge in [-0.15, -0.1) is 32.9 Å². The van der Waals surface area contributed by atoms with Gasteiger partial charge in [-0.3, -0.25) is 15.0 Å². The summed E-state index contributed by atoms with van der Waals surface area (Å²) in [5, 5.41) is 12.9. The summed E-state index contributed by atoms with van der Waals surface area (Å²) in [6.07, 6.45) is 25.6. The Bertz CT molecular complexity index is 1800. The third kappa shape index (κ3) is 6.23. The van der Waals surface area contributed by atoms with Gasteiger partial charge >= 0.3 is 0 Å². The number of fused-ring (bicyclic) bond motifs is 1. The lowest BCUT2D eigenvalue weighted by molar-refractivity contribution is 1.08. The van der Waals surface area contributed by atoms with Crippen LogP contribution in [-0.2, 0) is 0 Å². The topological polar surface area (TPSA) is 64.5 Å². The molecule has 0 spiro atoms. The minimum Gasteiger partial charge on any atom is -0.264 e. The van der Waals surface area contributed by atoms with Gasteiger partial charge in [0.25, 0.3) is 0 Å². The summed E-state index contributed by atoms with van der Waals surface area (Å²) in [6.45, 7) is 0. The molecule has 4 aromatic heterocycles. The van der Waals surface area contributed by atoms with Crippen LogP contribution >= 0.6 is 22.7 Å². The van der Waals surface area contributed by atoms with E-state index in [0.29, 0.717) is 0 Å². The number of aromatic nitrogens is 5. The van der Waals surface area contributed by atoms with Gasteiger partial charge in [0.15, 0.2) is 0 Å². The smallest absolute Gasteiger partial charge is 0.113 e. The van der Waals surface area contributed by atoms with Crippen molar-refractivity contribution in [2.24, 2.45) is 0 Å².